The molecule has 2 aromatic carbocycles. The van der Waals surface area contributed by atoms with Gasteiger partial charge in [-0.05, 0) is 38.5 Å². The van der Waals surface area contributed by atoms with Gasteiger partial charge in [0.05, 0.1) is 30.3 Å². The smallest absolute Gasteiger partial charge is 0.321 e. The van der Waals surface area contributed by atoms with Crippen LogP contribution in [0, 0.1) is 5.92 Å². The molecule has 4 rings (SSSR count). The van der Waals surface area contributed by atoms with Crippen molar-refractivity contribution in [3.63, 3.8) is 0 Å². The van der Waals surface area contributed by atoms with Crippen molar-refractivity contribution in [2.24, 2.45) is 5.92 Å². The minimum Gasteiger partial charge on any atom is -0.494 e. The first-order chi connectivity index (χ1) is 15.6. The third kappa shape index (κ3) is 3.72. The number of hydrogen-bond donors (Lipinski definition) is 0. The summed E-state index contributed by atoms with van der Waals surface area (Å²) in [5.41, 5.74) is 2.41. The number of aromatic nitrogens is 2. The summed E-state index contributed by atoms with van der Waals surface area (Å²) in [5.74, 6) is -0.636. The Balaban J connectivity index is 2.00. The first-order valence-corrected chi connectivity index (χ1v) is 11.3. The molecule has 1 amide bonds. The molecule has 2 heterocycles. The molecule has 0 N–H and O–H groups in total. The molecule has 1 aliphatic heterocycles. The number of para-hydroxylation sites is 3. The summed E-state index contributed by atoms with van der Waals surface area (Å²) >= 11 is 0. The van der Waals surface area contributed by atoms with Gasteiger partial charge in [0.15, 0.2) is 5.92 Å². The zero-order valence-corrected chi connectivity index (χ0v) is 18.8. The number of unbranched alkanes of at least 4 members (excludes halogenated alkanes) is 1. The Morgan fingerprint density at radius 3 is 2.53 bits per heavy atom. The van der Waals surface area contributed by atoms with Crippen LogP contribution < -0.4 is 9.64 Å². The Morgan fingerprint density at radius 1 is 1.03 bits per heavy atom. The van der Waals surface area contributed by atoms with Gasteiger partial charge in [-0.2, -0.15) is 0 Å². The van der Waals surface area contributed by atoms with Crippen molar-refractivity contribution in [3.8, 4) is 5.75 Å². The lowest BCUT2D eigenvalue weighted by Crippen LogP contribution is -2.50. The largest absolute Gasteiger partial charge is 0.494 e. The number of esters is 1. The van der Waals surface area contributed by atoms with Gasteiger partial charge in [-0.3, -0.25) is 14.5 Å². The van der Waals surface area contributed by atoms with Gasteiger partial charge in [0, 0.05) is 12.1 Å². The highest BCUT2D eigenvalue weighted by Crippen LogP contribution is 2.43. The van der Waals surface area contributed by atoms with Gasteiger partial charge in [0.2, 0.25) is 11.9 Å². The Morgan fingerprint density at radius 2 is 1.78 bits per heavy atom. The fourth-order valence-corrected chi connectivity index (χ4v) is 4.37. The number of amides is 1. The lowest BCUT2D eigenvalue weighted by Gasteiger charge is -2.38. The molecule has 0 saturated heterocycles. The molecule has 7 nitrogen and oxygen atoms in total. The lowest BCUT2D eigenvalue weighted by molar-refractivity contribution is -0.153. The Labute approximate surface area is 187 Å². The Kier molecular flexibility index (Phi) is 6.44. The molecule has 0 spiro atoms. The average Bonchev–Trinajstić information content (AvgIpc) is 3.18. The number of anilines is 1. The summed E-state index contributed by atoms with van der Waals surface area (Å²) < 4.78 is 13.3. The number of nitrogens with zero attached hydrogens (tertiary/aromatic N) is 3. The van der Waals surface area contributed by atoms with Crippen LogP contribution in [0.2, 0.25) is 0 Å². The molecular weight excluding hydrogens is 406 g/mol. The summed E-state index contributed by atoms with van der Waals surface area (Å²) in [6, 6.07) is 14.7. The van der Waals surface area contributed by atoms with Gasteiger partial charge >= 0.3 is 5.97 Å². The van der Waals surface area contributed by atoms with E-state index in [0.29, 0.717) is 24.8 Å². The van der Waals surface area contributed by atoms with Crippen LogP contribution in [-0.2, 0) is 14.3 Å². The summed E-state index contributed by atoms with van der Waals surface area (Å²) in [7, 11) is 0. The maximum Gasteiger partial charge on any atom is 0.321 e. The van der Waals surface area contributed by atoms with Crippen LogP contribution in [0.15, 0.2) is 48.5 Å². The Hall–Kier alpha value is -3.35. The number of hydrogen-bond acceptors (Lipinski definition) is 5. The first kappa shape index (κ1) is 21.9. The van der Waals surface area contributed by atoms with E-state index in [1.54, 1.807) is 11.8 Å². The van der Waals surface area contributed by atoms with Crippen molar-refractivity contribution in [1.29, 1.82) is 0 Å². The van der Waals surface area contributed by atoms with E-state index in [2.05, 4.69) is 6.92 Å². The highest BCUT2D eigenvalue weighted by molar-refractivity contribution is 6.08. The molecule has 7 heteroatoms. The van der Waals surface area contributed by atoms with E-state index in [4.69, 9.17) is 14.5 Å². The molecule has 0 fully saturated rings. The van der Waals surface area contributed by atoms with Crippen LogP contribution in [0.5, 0.6) is 5.75 Å². The van der Waals surface area contributed by atoms with E-state index in [-0.39, 0.29) is 12.5 Å². The van der Waals surface area contributed by atoms with Crippen LogP contribution in [0.3, 0.4) is 0 Å². The molecule has 168 valence electrons. The molecule has 0 saturated carbocycles. The van der Waals surface area contributed by atoms with Crippen molar-refractivity contribution in [3.05, 3.63) is 54.1 Å². The fraction of sp³-hybridized carbons (Fsp3) is 0.400. The van der Waals surface area contributed by atoms with Gasteiger partial charge in [-0.1, -0.05) is 43.7 Å². The van der Waals surface area contributed by atoms with Crippen LogP contribution >= 0.6 is 0 Å². The molecule has 0 unspecified atom stereocenters. The second-order valence-corrected chi connectivity index (χ2v) is 7.76. The van der Waals surface area contributed by atoms with E-state index in [0.717, 1.165) is 29.4 Å². The highest BCUT2D eigenvalue weighted by Gasteiger charge is 2.48. The molecule has 1 aromatic heterocycles. The van der Waals surface area contributed by atoms with E-state index in [9.17, 15) is 9.59 Å². The summed E-state index contributed by atoms with van der Waals surface area (Å²) in [6.45, 7) is 6.91. The molecule has 0 bridgehead atoms. The summed E-state index contributed by atoms with van der Waals surface area (Å²) in [5, 5.41) is 0. The maximum atomic E-state index is 13.8. The number of carbonyl (C=O) groups excluding carboxylic acids is 2. The predicted octanol–water partition coefficient (Wildman–Crippen LogP) is 4.35. The number of fused-ring (bicyclic) bond motifs is 3. The average molecular weight is 436 g/mol. The van der Waals surface area contributed by atoms with Gasteiger partial charge < -0.3 is 14.0 Å². The van der Waals surface area contributed by atoms with E-state index >= 15 is 0 Å². The fourth-order valence-electron chi connectivity index (χ4n) is 4.37. The summed E-state index contributed by atoms with van der Waals surface area (Å²) in [6.07, 6.45) is 1.73. The third-order valence-electron chi connectivity index (χ3n) is 5.76. The van der Waals surface area contributed by atoms with Gasteiger partial charge in [-0.25, -0.2) is 4.98 Å². The molecular formula is C25H29N3O4. The molecule has 1 aliphatic rings. The van der Waals surface area contributed by atoms with E-state index in [1.165, 1.54) is 0 Å². The van der Waals surface area contributed by atoms with E-state index in [1.807, 2.05) is 60.0 Å². The quantitative estimate of drug-likeness (QED) is 0.388. The maximum absolute atomic E-state index is 13.8. The normalized spacial score (nSPS) is 18.0. The topological polar surface area (TPSA) is 73.7 Å². The first-order valence-electron chi connectivity index (χ1n) is 11.3. The number of ether oxygens (including phenoxy) is 2. The van der Waals surface area contributed by atoms with Gasteiger partial charge in [0.25, 0.3) is 0 Å². The highest BCUT2D eigenvalue weighted by atomic mass is 16.5. The minimum atomic E-state index is -1.03. The van der Waals surface area contributed by atoms with Crippen molar-refractivity contribution in [1.82, 2.24) is 9.55 Å². The molecule has 32 heavy (non-hydrogen) atoms. The van der Waals surface area contributed by atoms with Crippen LogP contribution in [0.25, 0.3) is 11.0 Å². The van der Waals surface area contributed by atoms with Gasteiger partial charge in [-0.15, -0.1) is 0 Å². The van der Waals surface area contributed by atoms with Crippen molar-refractivity contribution in [2.45, 2.75) is 39.7 Å². The van der Waals surface area contributed by atoms with Gasteiger partial charge in [0.1, 0.15) is 5.75 Å². The van der Waals surface area contributed by atoms with Crippen molar-refractivity contribution in [2.75, 3.05) is 24.7 Å². The van der Waals surface area contributed by atoms with Crippen LogP contribution in [0.4, 0.5) is 5.95 Å². The summed E-state index contributed by atoms with van der Waals surface area (Å²) in [4.78, 5) is 33.4. The number of rotatable bonds is 8. The zero-order chi connectivity index (χ0) is 22.7. The Bertz CT molecular complexity index is 1120. The second-order valence-electron chi connectivity index (χ2n) is 7.76. The molecule has 0 aliphatic carbocycles. The monoisotopic (exact) mass is 435 g/mol. The third-order valence-corrected chi connectivity index (χ3v) is 5.76. The predicted molar refractivity (Wildman–Crippen MR) is 123 cm³/mol. The van der Waals surface area contributed by atoms with E-state index < -0.39 is 17.9 Å². The molecule has 0 radical (unpaired) electrons. The number of imidazole rings is 1. The zero-order valence-electron chi connectivity index (χ0n) is 18.8. The SMILES string of the molecule is CCCCN1C(=O)[C@@H](C(=O)OCC)[C@H](c2ccccc2OCC)n2c1nc1ccccc12. The number of carbonyl (C=O) groups is 2. The molecule has 2 atom stereocenters. The van der Waals surface area contributed by atoms with Crippen molar-refractivity contribution >= 4 is 28.9 Å². The molecule has 3 aromatic rings. The number of benzene rings is 2. The van der Waals surface area contributed by atoms with Crippen LogP contribution in [0.1, 0.15) is 45.2 Å². The van der Waals surface area contributed by atoms with Crippen molar-refractivity contribution < 1.29 is 19.1 Å². The minimum absolute atomic E-state index is 0.203. The second kappa shape index (κ2) is 9.42. The lowest BCUT2D eigenvalue weighted by atomic mass is 9.88. The standard InChI is InChI=1S/C25H29N3O4/c1-4-7-16-27-23(29)21(24(30)32-6-3)22(17-12-8-11-15-20(17)31-5-2)28-19-14-10-9-13-18(19)26-25(27)28/h8-15,21-22H,4-7,16H2,1-3H3/t21-,22-/m0/s1. The van der Waals surface area contributed by atoms with Crippen LogP contribution in [-0.4, -0.2) is 41.2 Å².